The summed E-state index contributed by atoms with van der Waals surface area (Å²) in [7, 11) is 3.37. The lowest BCUT2D eigenvalue weighted by molar-refractivity contribution is 0.215. The van der Waals surface area contributed by atoms with Crippen LogP contribution in [0.4, 0.5) is 0 Å². The molecule has 0 radical (unpaired) electrons. The molecule has 6 heteroatoms. The van der Waals surface area contributed by atoms with Gasteiger partial charge in [-0.05, 0) is 44.0 Å². The Morgan fingerprint density at radius 3 is 2.56 bits per heavy atom. The van der Waals surface area contributed by atoms with E-state index in [0.29, 0.717) is 13.2 Å². The van der Waals surface area contributed by atoms with Crippen molar-refractivity contribution in [2.24, 2.45) is 12.2 Å². The molecule has 0 aliphatic rings. The maximum Gasteiger partial charge on any atom is 0.133 e. The fraction of sp³-hybridized carbons (Fsp3) is 0.368. The molecule has 0 saturated heterocycles. The van der Waals surface area contributed by atoms with E-state index in [1.807, 2.05) is 58.3 Å². The Labute approximate surface area is 148 Å². The van der Waals surface area contributed by atoms with Gasteiger partial charge < -0.3 is 14.3 Å². The van der Waals surface area contributed by atoms with E-state index in [2.05, 4.69) is 10.3 Å². The monoisotopic (exact) mass is 343 g/mol. The first-order valence-electron chi connectivity index (χ1n) is 8.12. The number of nitrogens with zero attached hydrogens (tertiary/aromatic N) is 3. The number of oxime groups is 1. The van der Waals surface area contributed by atoms with Crippen LogP contribution in [0.15, 0.2) is 35.6 Å². The van der Waals surface area contributed by atoms with Crippen molar-refractivity contribution in [3.8, 4) is 11.5 Å². The first kappa shape index (κ1) is 18.6. The molecule has 1 heterocycles. The first-order chi connectivity index (χ1) is 12.0. The van der Waals surface area contributed by atoms with Crippen LogP contribution in [0.2, 0.25) is 0 Å². The normalized spacial score (nSPS) is 11.4. The largest absolute Gasteiger partial charge is 0.490 e. The summed E-state index contributed by atoms with van der Waals surface area (Å²) in [6.07, 6.45) is 7.44. The minimum absolute atomic E-state index is 0.354. The van der Waals surface area contributed by atoms with Crippen LogP contribution < -0.4 is 9.47 Å². The zero-order valence-electron chi connectivity index (χ0n) is 15.4. The highest BCUT2D eigenvalue weighted by molar-refractivity contribution is 5.80. The summed E-state index contributed by atoms with van der Waals surface area (Å²) in [5, 5.41) is 8.22. The quantitative estimate of drug-likeness (QED) is 0.418. The van der Waals surface area contributed by atoms with Gasteiger partial charge in [-0.2, -0.15) is 5.10 Å². The van der Waals surface area contributed by atoms with Crippen LogP contribution in [0.5, 0.6) is 11.5 Å². The van der Waals surface area contributed by atoms with Gasteiger partial charge in [-0.25, -0.2) is 0 Å². The fourth-order valence-electron chi connectivity index (χ4n) is 2.48. The third-order valence-electron chi connectivity index (χ3n) is 3.60. The fourth-order valence-corrected chi connectivity index (χ4v) is 2.48. The molecule has 0 N–H and O–H groups in total. The topological polar surface area (TPSA) is 57.9 Å². The van der Waals surface area contributed by atoms with Crippen LogP contribution in [0.25, 0.3) is 0 Å². The van der Waals surface area contributed by atoms with Crippen molar-refractivity contribution in [3.05, 3.63) is 52.9 Å². The van der Waals surface area contributed by atoms with Crippen molar-refractivity contribution in [3.63, 3.8) is 0 Å². The van der Waals surface area contributed by atoms with Gasteiger partial charge in [0.2, 0.25) is 0 Å². The zero-order valence-corrected chi connectivity index (χ0v) is 15.4. The number of aryl methyl sites for hydroxylation is 3. The molecular formula is C19H25N3O3. The predicted octanol–water partition coefficient (Wildman–Crippen LogP) is 3.55. The third-order valence-corrected chi connectivity index (χ3v) is 3.60. The Balaban J connectivity index is 2.12. The van der Waals surface area contributed by atoms with Gasteiger partial charge in [-0.1, -0.05) is 17.3 Å². The van der Waals surface area contributed by atoms with E-state index in [0.717, 1.165) is 33.9 Å². The van der Waals surface area contributed by atoms with E-state index in [1.165, 1.54) is 7.11 Å². The molecule has 0 fully saturated rings. The Hall–Kier alpha value is -2.76. The molecule has 134 valence electrons. The summed E-state index contributed by atoms with van der Waals surface area (Å²) in [6.45, 7) is 6.91. The van der Waals surface area contributed by atoms with E-state index >= 15 is 0 Å². The van der Waals surface area contributed by atoms with Crippen LogP contribution in [-0.2, 0) is 18.5 Å². The minimum atomic E-state index is 0.354. The van der Waals surface area contributed by atoms with Crippen LogP contribution in [0.1, 0.15) is 29.3 Å². The summed E-state index contributed by atoms with van der Waals surface area (Å²) >= 11 is 0. The van der Waals surface area contributed by atoms with Gasteiger partial charge in [0.25, 0.3) is 0 Å². The Bertz CT molecular complexity index is 740. The third kappa shape index (κ3) is 5.11. The van der Waals surface area contributed by atoms with Gasteiger partial charge in [0.1, 0.15) is 37.5 Å². The van der Waals surface area contributed by atoms with E-state index in [1.54, 1.807) is 10.9 Å². The van der Waals surface area contributed by atoms with Crippen LogP contribution >= 0.6 is 0 Å². The van der Waals surface area contributed by atoms with Gasteiger partial charge in [-0.15, -0.1) is 0 Å². The molecule has 0 spiro atoms. The number of hydrogen-bond donors (Lipinski definition) is 0. The second-order valence-electron chi connectivity index (χ2n) is 5.68. The molecular weight excluding hydrogens is 318 g/mol. The summed E-state index contributed by atoms with van der Waals surface area (Å²) in [5.74, 6) is 1.69. The molecule has 0 unspecified atom stereocenters. The molecule has 0 bridgehead atoms. The average Bonchev–Trinajstić information content (AvgIpc) is 2.92. The number of hydrogen-bond acceptors (Lipinski definition) is 5. The van der Waals surface area contributed by atoms with Crippen molar-refractivity contribution in [2.75, 3.05) is 13.7 Å². The number of rotatable bonds is 8. The standard InChI is InChI=1S/C19H25N3O3/c1-6-7-8-24-17-9-14(2)19(15(3)10-17)25-13-18-16(11-20-23-5)12-22(4)21-18/h6-7,9-12H,8,13H2,1-5H3/b7-6+,20-11?. The lowest BCUT2D eigenvalue weighted by atomic mass is 10.1. The molecule has 2 aromatic rings. The molecule has 0 aliphatic heterocycles. The molecule has 1 aromatic carbocycles. The SMILES string of the molecule is C/C=C/COc1cc(C)c(OCc2nn(C)cc2C=NOC)c(C)c1. The van der Waals surface area contributed by atoms with Gasteiger partial charge in [0, 0.05) is 18.8 Å². The van der Waals surface area contributed by atoms with E-state index < -0.39 is 0 Å². The predicted molar refractivity (Wildman–Crippen MR) is 98.4 cm³/mol. The summed E-state index contributed by atoms with van der Waals surface area (Å²) in [5.41, 5.74) is 3.72. The maximum absolute atomic E-state index is 6.02. The van der Waals surface area contributed by atoms with Gasteiger partial charge in [0.05, 0.1) is 6.21 Å². The van der Waals surface area contributed by atoms with Crippen LogP contribution in [-0.4, -0.2) is 29.7 Å². The van der Waals surface area contributed by atoms with Gasteiger partial charge in [0.15, 0.2) is 0 Å². The average molecular weight is 343 g/mol. The Kier molecular flexibility index (Phi) is 6.62. The van der Waals surface area contributed by atoms with Crippen molar-refractivity contribution >= 4 is 6.21 Å². The summed E-state index contributed by atoms with van der Waals surface area (Å²) < 4.78 is 13.5. The van der Waals surface area contributed by atoms with Crippen LogP contribution in [0, 0.1) is 13.8 Å². The number of aromatic nitrogens is 2. The summed E-state index contributed by atoms with van der Waals surface area (Å²) in [4.78, 5) is 4.74. The number of benzene rings is 1. The van der Waals surface area contributed by atoms with E-state index in [-0.39, 0.29) is 0 Å². The Morgan fingerprint density at radius 1 is 1.20 bits per heavy atom. The first-order valence-corrected chi connectivity index (χ1v) is 8.12. The van der Waals surface area contributed by atoms with E-state index in [9.17, 15) is 0 Å². The zero-order chi connectivity index (χ0) is 18.2. The smallest absolute Gasteiger partial charge is 0.133 e. The molecule has 0 aliphatic carbocycles. The second kappa shape index (κ2) is 8.92. The molecule has 1 aromatic heterocycles. The summed E-state index contributed by atoms with van der Waals surface area (Å²) in [6, 6.07) is 3.97. The van der Waals surface area contributed by atoms with E-state index in [4.69, 9.17) is 14.3 Å². The highest BCUT2D eigenvalue weighted by atomic mass is 16.6. The second-order valence-corrected chi connectivity index (χ2v) is 5.68. The lowest BCUT2D eigenvalue weighted by Gasteiger charge is -2.14. The molecule has 0 amide bonds. The molecule has 6 nitrogen and oxygen atoms in total. The highest BCUT2D eigenvalue weighted by Crippen LogP contribution is 2.29. The molecule has 0 atom stereocenters. The van der Waals surface area contributed by atoms with Gasteiger partial charge >= 0.3 is 0 Å². The number of ether oxygens (including phenoxy) is 2. The lowest BCUT2D eigenvalue weighted by Crippen LogP contribution is -2.03. The van der Waals surface area contributed by atoms with Crippen molar-refractivity contribution in [1.29, 1.82) is 0 Å². The van der Waals surface area contributed by atoms with Crippen molar-refractivity contribution < 1.29 is 14.3 Å². The Morgan fingerprint density at radius 2 is 1.92 bits per heavy atom. The van der Waals surface area contributed by atoms with Gasteiger partial charge in [-0.3, -0.25) is 4.68 Å². The minimum Gasteiger partial charge on any atom is -0.490 e. The van der Waals surface area contributed by atoms with Crippen molar-refractivity contribution in [2.45, 2.75) is 27.4 Å². The highest BCUT2D eigenvalue weighted by Gasteiger charge is 2.11. The van der Waals surface area contributed by atoms with Crippen molar-refractivity contribution in [1.82, 2.24) is 9.78 Å². The molecule has 25 heavy (non-hydrogen) atoms. The van der Waals surface area contributed by atoms with Crippen LogP contribution in [0.3, 0.4) is 0 Å². The maximum atomic E-state index is 6.02. The molecule has 0 saturated carbocycles. The number of allylic oxidation sites excluding steroid dienone is 1. The molecule has 2 rings (SSSR count).